The number of sulfonamides is 1. The zero-order valence-corrected chi connectivity index (χ0v) is 15.8. The zero-order valence-electron chi connectivity index (χ0n) is 13.4. The first-order valence-electron chi connectivity index (χ1n) is 6.92. The number of halogens is 4. The van der Waals surface area contributed by atoms with Crippen molar-refractivity contribution in [3.63, 3.8) is 0 Å². The minimum Gasteiger partial charge on any atom is -0.279 e. The number of anilines is 1. The number of aryl methyl sites for hydroxylation is 1. The SMILES string of the molecule is Cc1ccc(S(C)(=O)=O)cc1NS(=O)(=O)c1ccc(Cl)cc1C(F)(F)F. The predicted molar refractivity (Wildman–Crippen MR) is 91.6 cm³/mol. The normalized spacial score (nSPS) is 12.8. The van der Waals surface area contributed by atoms with Gasteiger partial charge >= 0.3 is 6.18 Å². The Morgan fingerprint density at radius 1 is 1.00 bits per heavy atom. The maximum absolute atomic E-state index is 13.2. The first-order chi connectivity index (χ1) is 11.7. The molecule has 142 valence electrons. The van der Waals surface area contributed by atoms with Gasteiger partial charge in [-0.1, -0.05) is 17.7 Å². The molecule has 0 amide bonds. The van der Waals surface area contributed by atoms with E-state index in [2.05, 4.69) is 0 Å². The minimum atomic E-state index is -4.95. The van der Waals surface area contributed by atoms with Gasteiger partial charge in [-0.25, -0.2) is 16.8 Å². The predicted octanol–water partition coefficient (Wildman–Crippen LogP) is 3.87. The largest absolute Gasteiger partial charge is 0.417 e. The van der Waals surface area contributed by atoms with Crippen molar-refractivity contribution in [3.05, 3.63) is 52.5 Å². The number of benzene rings is 2. The molecule has 2 rings (SSSR count). The highest BCUT2D eigenvalue weighted by molar-refractivity contribution is 7.92. The molecule has 0 heterocycles. The minimum absolute atomic E-state index is 0.143. The molecular weight excluding hydrogens is 415 g/mol. The number of nitrogens with one attached hydrogen (secondary N) is 1. The van der Waals surface area contributed by atoms with Gasteiger partial charge in [0.2, 0.25) is 0 Å². The highest BCUT2D eigenvalue weighted by atomic mass is 35.5. The van der Waals surface area contributed by atoms with Crippen molar-refractivity contribution in [2.24, 2.45) is 0 Å². The highest BCUT2D eigenvalue weighted by Gasteiger charge is 2.37. The summed E-state index contributed by atoms with van der Waals surface area (Å²) >= 11 is 5.55. The van der Waals surface area contributed by atoms with Crippen molar-refractivity contribution in [3.8, 4) is 0 Å². The summed E-state index contributed by atoms with van der Waals surface area (Å²) in [5.74, 6) is 0. The van der Waals surface area contributed by atoms with E-state index in [9.17, 15) is 30.0 Å². The lowest BCUT2D eigenvalue weighted by Crippen LogP contribution is -2.19. The molecule has 0 radical (unpaired) electrons. The van der Waals surface area contributed by atoms with E-state index in [1.165, 1.54) is 19.1 Å². The van der Waals surface area contributed by atoms with Crippen LogP contribution >= 0.6 is 11.6 Å². The zero-order chi connectivity index (χ0) is 19.9. The number of hydrogen-bond acceptors (Lipinski definition) is 4. The average Bonchev–Trinajstić information content (AvgIpc) is 2.47. The smallest absolute Gasteiger partial charge is 0.279 e. The number of alkyl halides is 3. The Morgan fingerprint density at radius 3 is 2.15 bits per heavy atom. The molecule has 5 nitrogen and oxygen atoms in total. The summed E-state index contributed by atoms with van der Waals surface area (Å²) in [6.07, 6.45) is -4.02. The standard InChI is InChI=1S/C15H13ClF3NO4S2/c1-9-3-5-11(25(2,21)22)8-13(9)20-26(23,24)14-6-4-10(16)7-12(14)15(17,18)19/h3-8,20H,1-2H3. The number of sulfone groups is 1. The fourth-order valence-corrected chi connectivity index (χ4v) is 4.25. The summed E-state index contributed by atoms with van der Waals surface area (Å²) in [7, 11) is -8.28. The van der Waals surface area contributed by atoms with Gasteiger partial charge in [0.1, 0.15) is 0 Å². The molecule has 0 aliphatic heterocycles. The van der Waals surface area contributed by atoms with E-state index in [0.717, 1.165) is 24.5 Å². The molecule has 0 aromatic heterocycles. The Kier molecular flexibility index (Phi) is 5.33. The van der Waals surface area contributed by atoms with Crippen LogP contribution in [0.4, 0.5) is 18.9 Å². The summed E-state index contributed by atoms with van der Waals surface area (Å²) in [6, 6.07) is 5.93. The van der Waals surface area contributed by atoms with Gasteiger partial charge in [0.05, 0.1) is 21.0 Å². The summed E-state index contributed by atoms with van der Waals surface area (Å²) in [6.45, 7) is 1.48. The molecule has 0 saturated carbocycles. The molecule has 0 bridgehead atoms. The van der Waals surface area contributed by atoms with Crippen LogP contribution in [0.2, 0.25) is 5.02 Å². The Bertz CT molecular complexity index is 1060. The fraction of sp³-hybridized carbons (Fsp3) is 0.200. The van der Waals surface area contributed by atoms with Gasteiger partial charge in [-0.15, -0.1) is 0 Å². The molecule has 0 aliphatic rings. The van der Waals surface area contributed by atoms with E-state index in [0.29, 0.717) is 11.6 Å². The Balaban J connectivity index is 2.58. The summed E-state index contributed by atoms with van der Waals surface area (Å²) in [5, 5.41) is -0.272. The quantitative estimate of drug-likeness (QED) is 0.803. The average molecular weight is 428 g/mol. The van der Waals surface area contributed by atoms with E-state index in [1.807, 2.05) is 4.72 Å². The van der Waals surface area contributed by atoms with E-state index in [4.69, 9.17) is 11.6 Å². The van der Waals surface area contributed by atoms with Crippen LogP contribution in [0.25, 0.3) is 0 Å². The first-order valence-corrected chi connectivity index (χ1v) is 10.7. The lowest BCUT2D eigenvalue weighted by atomic mass is 10.2. The Hall–Kier alpha value is -1.78. The van der Waals surface area contributed by atoms with Gasteiger partial charge in [0, 0.05) is 11.3 Å². The van der Waals surface area contributed by atoms with Gasteiger partial charge in [0.25, 0.3) is 10.0 Å². The van der Waals surface area contributed by atoms with Crippen LogP contribution in [0.3, 0.4) is 0 Å². The van der Waals surface area contributed by atoms with Gasteiger partial charge in [-0.3, -0.25) is 4.72 Å². The molecule has 0 aliphatic carbocycles. The number of hydrogen-bond donors (Lipinski definition) is 1. The van der Waals surface area contributed by atoms with Crippen molar-refractivity contribution < 1.29 is 30.0 Å². The van der Waals surface area contributed by atoms with Crippen LogP contribution in [-0.4, -0.2) is 23.1 Å². The van der Waals surface area contributed by atoms with Crippen LogP contribution in [0.1, 0.15) is 11.1 Å². The highest BCUT2D eigenvalue weighted by Crippen LogP contribution is 2.36. The van der Waals surface area contributed by atoms with Crippen molar-refractivity contribution in [2.75, 3.05) is 11.0 Å². The van der Waals surface area contributed by atoms with Crippen LogP contribution in [0.15, 0.2) is 46.2 Å². The maximum Gasteiger partial charge on any atom is 0.417 e. The van der Waals surface area contributed by atoms with E-state index in [1.54, 1.807) is 0 Å². The monoisotopic (exact) mass is 427 g/mol. The van der Waals surface area contributed by atoms with Crippen molar-refractivity contribution in [1.29, 1.82) is 0 Å². The molecule has 1 N–H and O–H groups in total. The second-order valence-corrected chi connectivity index (χ2v) is 9.60. The molecule has 2 aromatic carbocycles. The molecule has 0 fully saturated rings. The molecule has 2 aromatic rings. The van der Waals surface area contributed by atoms with E-state index >= 15 is 0 Å². The van der Waals surface area contributed by atoms with Crippen molar-refractivity contribution in [2.45, 2.75) is 22.9 Å². The molecule has 0 unspecified atom stereocenters. The molecule has 0 spiro atoms. The second-order valence-electron chi connectivity index (χ2n) is 5.49. The topological polar surface area (TPSA) is 80.3 Å². The Labute approximate surface area is 153 Å². The third-order valence-corrected chi connectivity index (χ3v) is 6.19. The van der Waals surface area contributed by atoms with Crippen LogP contribution in [-0.2, 0) is 26.0 Å². The molecule has 11 heteroatoms. The maximum atomic E-state index is 13.2. The lowest BCUT2D eigenvalue weighted by molar-refractivity contribution is -0.139. The molecule has 0 atom stereocenters. The molecule has 0 saturated heterocycles. The van der Waals surface area contributed by atoms with Gasteiger partial charge < -0.3 is 0 Å². The summed E-state index contributed by atoms with van der Waals surface area (Å²) < 4.78 is 89.7. The van der Waals surface area contributed by atoms with Crippen molar-refractivity contribution >= 4 is 37.1 Å². The van der Waals surface area contributed by atoms with E-state index in [-0.39, 0.29) is 15.6 Å². The fourth-order valence-electron chi connectivity index (χ4n) is 2.10. The van der Waals surface area contributed by atoms with Gasteiger partial charge in [0.15, 0.2) is 9.84 Å². The molecule has 26 heavy (non-hydrogen) atoms. The van der Waals surface area contributed by atoms with Crippen LogP contribution in [0.5, 0.6) is 0 Å². The lowest BCUT2D eigenvalue weighted by Gasteiger charge is -2.16. The Morgan fingerprint density at radius 2 is 1.62 bits per heavy atom. The van der Waals surface area contributed by atoms with Crippen LogP contribution in [0, 0.1) is 6.92 Å². The number of rotatable bonds is 4. The van der Waals surface area contributed by atoms with Crippen molar-refractivity contribution in [1.82, 2.24) is 0 Å². The summed E-state index contributed by atoms with van der Waals surface area (Å²) in [5.41, 5.74) is -1.23. The third-order valence-electron chi connectivity index (χ3n) is 3.42. The second kappa shape index (κ2) is 6.75. The first kappa shape index (κ1) is 20.5. The summed E-state index contributed by atoms with van der Waals surface area (Å²) in [4.78, 5) is -1.19. The third kappa shape index (κ3) is 4.49. The van der Waals surface area contributed by atoms with Gasteiger partial charge in [-0.05, 0) is 42.8 Å². The van der Waals surface area contributed by atoms with Gasteiger partial charge in [-0.2, -0.15) is 13.2 Å². The van der Waals surface area contributed by atoms with Crippen LogP contribution < -0.4 is 4.72 Å². The molecular formula is C15H13ClF3NO4S2. The van der Waals surface area contributed by atoms with E-state index < -0.39 is 36.5 Å².